The number of benzene rings is 3. The summed E-state index contributed by atoms with van der Waals surface area (Å²) in [6, 6.07) is 21.9. The van der Waals surface area contributed by atoms with Crippen LogP contribution in [0.5, 0.6) is 0 Å². The van der Waals surface area contributed by atoms with Crippen molar-refractivity contribution in [3.63, 3.8) is 0 Å². The molecule has 0 saturated carbocycles. The molecule has 5 rings (SSSR count). The fourth-order valence-corrected chi connectivity index (χ4v) is 5.09. The predicted molar refractivity (Wildman–Crippen MR) is 115 cm³/mol. The lowest BCUT2D eigenvalue weighted by atomic mass is 9.98. The molecule has 1 amide bonds. The number of hydrogen-bond donors (Lipinski definition) is 1. The Morgan fingerprint density at radius 2 is 1.66 bits per heavy atom. The van der Waals surface area contributed by atoms with Crippen molar-refractivity contribution in [3.05, 3.63) is 83.4 Å². The van der Waals surface area contributed by atoms with Gasteiger partial charge in [0.05, 0.1) is 0 Å². The number of rotatable bonds is 3. The van der Waals surface area contributed by atoms with E-state index in [1.54, 1.807) is 17.8 Å². The minimum absolute atomic E-state index is 0.0228. The zero-order valence-corrected chi connectivity index (χ0v) is 16.5. The molecular formula is C24H19NO3S. The van der Waals surface area contributed by atoms with Crippen LogP contribution in [0.1, 0.15) is 33.8 Å². The van der Waals surface area contributed by atoms with Gasteiger partial charge in [0.15, 0.2) is 5.78 Å². The zero-order chi connectivity index (χ0) is 19.8. The van der Waals surface area contributed by atoms with Crippen LogP contribution in [0.2, 0.25) is 0 Å². The molecule has 0 bridgehead atoms. The number of carbonyl (C=O) groups excluding carboxylic acids is 2. The van der Waals surface area contributed by atoms with Crippen LogP contribution in [0.4, 0.5) is 10.5 Å². The molecule has 4 nitrogen and oxygen atoms in total. The molecule has 1 N–H and O–H groups in total. The Morgan fingerprint density at radius 3 is 2.38 bits per heavy atom. The van der Waals surface area contributed by atoms with Crippen LogP contribution in [0.15, 0.2) is 71.6 Å². The highest BCUT2D eigenvalue weighted by Crippen LogP contribution is 2.44. The van der Waals surface area contributed by atoms with E-state index in [9.17, 15) is 9.59 Å². The molecule has 1 aliphatic carbocycles. The zero-order valence-electron chi connectivity index (χ0n) is 15.7. The van der Waals surface area contributed by atoms with Gasteiger partial charge in [0, 0.05) is 34.2 Å². The minimum atomic E-state index is -0.511. The second-order valence-electron chi connectivity index (χ2n) is 7.18. The molecule has 0 atom stereocenters. The fraction of sp³-hybridized carbons (Fsp3) is 0.167. The number of anilines is 1. The van der Waals surface area contributed by atoms with Gasteiger partial charge in [-0.3, -0.25) is 10.1 Å². The highest BCUT2D eigenvalue weighted by molar-refractivity contribution is 7.99. The summed E-state index contributed by atoms with van der Waals surface area (Å²) in [4.78, 5) is 25.5. The molecule has 0 aromatic heterocycles. The molecule has 0 radical (unpaired) electrons. The van der Waals surface area contributed by atoms with Gasteiger partial charge in [-0.05, 0) is 40.5 Å². The normalized spacial score (nSPS) is 14.7. The molecule has 5 heteroatoms. The molecule has 0 unspecified atom stereocenters. The van der Waals surface area contributed by atoms with Crippen molar-refractivity contribution in [2.45, 2.75) is 17.2 Å². The molecule has 1 heterocycles. The molecular weight excluding hydrogens is 382 g/mol. The van der Waals surface area contributed by atoms with Crippen molar-refractivity contribution in [2.75, 3.05) is 17.7 Å². The lowest BCUT2D eigenvalue weighted by Gasteiger charge is -2.16. The van der Waals surface area contributed by atoms with Gasteiger partial charge in [0.25, 0.3) is 0 Å². The second-order valence-corrected chi connectivity index (χ2v) is 8.32. The highest BCUT2D eigenvalue weighted by atomic mass is 32.2. The quantitative estimate of drug-likeness (QED) is 0.609. The van der Waals surface area contributed by atoms with Crippen molar-refractivity contribution in [1.82, 2.24) is 0 Å². The average Bonchev–Trinajstić information content (AvgIpc) is 3.07. The van der Waals surface area contributed by atoms with Gasteiger partial charge in [-0.1, -0.05) is 48.5 Å². The first-order valence-electron chi connectivity index (χ1n) is 9.63. The van der Waals surface area contributed by atoms with E-state index in [1.807, 2.05) is 36.4 Å². The maximum Gasteiger partial charge on any atom is 0.411 e. The third-order valence-corrected chi connectivity index (χ3v) is 6.53. The number of amides is 1. The standard InChI is InChI=1S/C24H19NO3S/c26-22-11-12-29-23-10-9-15(13-20(22)23)25-24(27)28-14-21-18-7-3-1-5-16(18)17-6-2-4-8-19(17)21/h1-10,13,21H,11-12,14H2,(H,25,27). The van der Waals surface area contributed by atoms with Gasteiger partial charge in [-0.25, -0.2) is 4.79 Å². The van der Waals surface area contributed by atoms with Gasteiger partial charge in [-0.15, -0.1) is 11.8 Å². The van der Waals surface area contributed by atoms with E-state index in [1.165, 1.54) is 22.3 Å². The van der Waals surface area contributed by atoms with E-state index in [2.05, 4.69) is 29.6 Å². The van der Waals surface area contributed by atoms with E-state index >= 15 is 0 Å². The minimum Gasteiger partial charge on any atom is -0.448 e. The Bertz CT molecular complexity index is 1080. The molecule has 0 saturated heterocycles. The molecule has 0 spiro atoms. The second kappa shape index (κ2) is 7.41. The number of Topliss-reactive ketones (excluding diaryl/α,β-unsaturated/α-hetero) is 1. The molecule has 3 aromatic rings. The summed E-state index contributed by atoms with van der Waals surface area (Å²) in [6.07, 6.45) is 0.0224. The summed E-state index contributed by atoms with van der Waals surface area (Å²) >= 11 is 1.67. The van der Waals surface area contributed by atoms with Crippen LogP contribution in [-0.2, 0) is 4.74 Å². The van der Waals surface area contributed by atoms with E-state index in [-0.39, 0.29) is 18.3 Å². The van der Waals surface area contributed by atoms with Crippen molar-refractivity contribution < 1.29 is 14.3 Å². The summed E-state index contributed by atoms with van der Waals surface area (Å²) in [5.41, 5.74) is 6.01. The third-order valence-electron chi connectivity index (χ3n) is 5.46. The van der Waals surface area contributed by atoms with E-state index < -0.39 is 6.09 Å². The van der Waals surface area contributed by atoms with E-state index in [0.29, 0.717) is 17.7 Å². The molecule has 0 fully saturated rings. The Balaban J connectivity index is 1.30. The van der Waals surface area contributed by atoms with Crippen molar-refractivity contribution in [2.24, 2.45) is 0 Å². The van der Waals surface area contributed by atoms with Crippen LogP contribution in [0.3, 0.4) is 0 Å². The van der Waals surface area contributed by atoms with Gasteiger partial charge in [0.1, 0.15) is 6.61 Å². The number of ether oxygens (including phenoxy) is 1. The van der Waals surface area contributed by atoms with Crippen molar-refractivity contribution >= 4 is 29.3 Å². The summed E-state index contributed by atoms with van der Waals surface area (Å²) in [5.74, 6) is 0.954. The van der Waals surface area contributed by atoms with Crippen LogP contribution >= 0.6 is 11.8 Å². The SMILES string of the molecule is O=C(Nc1ccc2c(c1)C(=O)CCS2)OCC1c2ccccc2-c2ccccc21. The Kier molecular flexibility index (Phi) is 4.60. The summed E-state index contributed by atoms with van der Waals surface area (Å²) in [6.45, 7) is 0.263. The smallest absolute Gasteiger partial charge is 0.411 e. The number of fused-ring (bicyclic) bond motifs is 4. The summed E-state index contributed by atoms with van der Waals surface area (Å²) in [7, 11) is 0. The van der Waals surface area contributed by atoms with Gasteiger partial charge >= 0.3 is 6.09 Å². The van der Waals surface area contributed by atoms with Crippen LogP contribution in [-0.4, -0.2) is 24.2 Å². The van der Waals surface area contributed by atoms with Gasteiger partial charge in [0.2, 0.25) is 0 Å². The average molecular weight is 401 g/mol. The Labute approximate surface area is 173 Å². The predicted octanol–water partition coefficient (Wildman–Crippen LogP) is 5.73. The van der Waals surface area contributed by atoms with Crippen molar-refractivity contribution in [1.29, 1.82) is 0 Å². The number of nitrogens with one attached hydrogen (secondary N) is 1. The first-order valence-corrected chi connectivity index (χ1v) is 10.6. The van der Waals surface area contributed by atoms with E-state index in [0.717, 1.165) is 10.6 Å². The number of thioether (sulfide) groups is 1. The highest BCUT2D eigenvalue weighted by Gasteiger charge is 2.29. The lowest BCUT2D eigenvalue weighted by molar-refractivity contribution is 0.0984. The van der Waals surface area contributed by atoms with Crippen LogP contribution in [0, 0.1) is 0 Å². The Hall–Kier alpha value is -3.05. The fourth-order valence-electron chi connectivity index (χ4n) is 4.09. The van der Waals surface area contributed by atoms with E-state index in [4.69, 9.17) is 4.74 Å². The summed E-state index contributed by atoms with van der Waals surface area (Å²) in [5, 5.41) is 2.76. The molecule has 3 aromatic carbocycles. The topological polar surface area (TPSA) is 55.4 Å². The lowest BCUT2D eigenvalue weighted by Crippen LogP contribution is -2.18. The number of carbonyl (C=O) groups is 2. The maximum absolute atomic E-state index is 12.4. The molecule has 1 aliphatic heterocycles. The maximum atomic E-state index is 12.4. The monoisotopic (exact) mass is 401 g/mol. The van der Waals surface area contributed by atoms with Gasteiger partial charge in [-0.2, -0.15) is 0 Å². The first kappa shape index (κ1) is 18.0. The number of hydrogen-bond acceptors (Lipinski definition) is 4. The summed E-state index contributed by atoms with van der Waals surface area (Å²) < 4.78 is 5.57. The third kappa shape index (κ3) is 3.32. The molecule has 2 aliphatic rings. The van der Waals surface area contributed by atoms with Crippen LogP contribution in [0.25, 0.3) is 11.1 Å². The van der Waals surface area contributed by atoms with Gasteiger partial charge < -0.3 is 4.74 Å². The Morgan fingerprint density at radius 1 is 0.966 bits per heavy atom. The largest absolute Gasteiger partial charge is 0.448 e. The van der Waals surface area contributed by atoms with Crippen LogP contribution < -0.4 is 5.32 Å². The number of ketones is 1. The molecule has 144 valence electrons. The first-order chi connectivity index (χ1) is 14.2. The van der Waals surface area contributed by atoms with Crippen molar-refractivity contribution in [3.8, 4) is 11.1 Å². The molecule has 29 heavy (non-hydrogen) atoms.